The summed E-state index contributed by atoms with van der Waals surface area (Å²) in [6.45, 7) is 5.53. The van der Waals surface area contributed by atoms with Gasteiger partial charge >= 0.3 is 0 Å². The van der Waals surface area contributed by atoms with Crippen LogP contribution in [0.4, 0.5) is 0 Å². The van der Waals surface area contributed by atoms with Crippen LogP contribution in [0.25, 0.3) is 0 Å². The predicted molar refractivity (Wildman–Crippen MR) is 52.1 cm³/mol. The van der Waals surface area contributed by atoms with E-state index in [4.69, 9.17) is 0 Å². The van der Waals surface area contributed by atoms with Crippen LogP contribution in [-0.4, -0.2) is 32.5 Å². The Balaban J connectivity index is 4.35. The molecule has 0 aliphatic rings. The van der Waals surface area contributed by atoms with Crippen molar-refractivity contribution in [1.82, 2.24) is 5.32 Å². The van der Waals surface area contributed by atoms with Crippen molar-refractivity contribution in [1.29, 1.82) is 0 Å². The van der Waals surface area contributed by atoms with E-state index in [0.29, 0.717) is 12.2 Å². The summed E-state index contributed by atoms with van der Waals surface area (Å²) in [5.41, 5.74) is 0. The first-order valence-corrected chi connectivity index (χ1v) is 6.06. The third-order valence-corrected chi connectivity index (χ3v) is 4.73. The second-order valence-electron chi connectivity index (χ2n) is 3.15. The minimum atomic E-state index is -2.88. The fourth-order valence-electron chi connectivity index (χ4n) is 1.02. The van der Waals surface area contributed by atoms with Gasteiger partial charge in [0.05, 0.1) is 11.0 Å². The molecule has 0 bridgehead atoms. The summed E-state index contributed by atoms with van der Waals surface area (Å²) in [6.07, 6.45) is 0.698. The van der Waals surface area contributed by atoms with E-state index < -0.39 is 9.84 Å². The second kappa shape index (κ2) is 4.82. The normalized spacial score (nSPS) is 17.3. The molecule has 0 saturated carbocycles. The topological polar surface area (TPSA) is 46.2 Å². The van der Waals surface area contributed by atoms with Crippen LogP contribution >= 0.6 is 0 Å². The van der Waals surface area contributed by atoms with Gasteiger partial charge in [-0.25, -0.2) is 8.42 Å². The van der Waals surface area contributed by atoms with E-state index >= 15 is 0 Å². The standard InChI is InChI=1S/C8H19NO2S/c1-5-6-12(10,11)8(3)7(2)9-4/h7-9H,5-6H2,1-4H3. The molecule has 0 spiro atoms. The van der Waals surface area contributed by atoms with Crippen LogP contribution in [0.2, 0.25) is 0 Å². The number of rotatable bonds is 5. The lowest BCUT2D eigenvalue weighted by molar-refractivity contribution is 0.539. The van der Waals surface area contributed by atoms with E-state index in [1.165, 1.54) is 0 Å². The molecule has 74 valence electrons. The number of hydrogen-bond donors (Lipinski definition) is 1. The molecule has 2 unspecified atom stereocenters. The predicted octanol–water partition coefficient (Wildman–Crippen LogP) is 0.808. The molecule has 0 rings (SSSR count). The van der Waals surface area contributed by atoms with Gasteiger partial charge in [-0.05, 0) is 27.3 Å². The quantitative estimate of drug-likeness (QED) is 0.703. The van der Waals surface area contributed by atoms with Gasteiger partial charge in [-0.3, -0.25) is 0 Å². The van der Waals surface area contributed by atoms with Crippen molar-refractivity contribution in [3.63, 3.8) is 0 Å². The van der Waals surface area contributed by atoms with Crippen molar-refractivity contribution in [3.8, 4) is 0 Å². The summed E-state index contributed by atoms with van der Waals surface area (Å²) in [7, 11) is -1.10. The van der Waals surface area contributed by atoms with E-state index in [1.807, 2.05) is 13.8 Å². The monoisotopic (exact) mass is 193 g/mol. The highest BCUT2D eigenvalue weighted by Gasteiger charge is 2.24. The van der Waals surface area contributed by atoms with Crippen LogP contribution in [0, 0.1) is 0 Å². The van der Waals surface area contributed by atoms with Gasteiger partial charge in [-0.2, -0.15) is 0 Å². The summed E-state index contributed by atoms with van der Waals surface area (Å²) >= 11 is 0. The molecule has 0 aromatic rings. The molecular formula is C8H19NO2S. The first kappa shape index (κ1) is 11.9. The van der Waals surface area contributed by atoms with Crippen LogP contribution < -0.4 is 5.32 Å². The molecule has 0 aliphatic heterocycles. The average molecular weight is 193 g/mol. The van der Waals surface area contributed by atoms with Crippen molar-refractivity contribution in [2.24, 2.45) is 0 Å². The first-order chi connectivity index (χ1) is 5.45. The van der Waals surface area contributed by atoms with Gasteiger partial charge in [0.25, 0.3) is 0 Å². The Kier molecular flexibility index (Phi) is 4.78. The fourth-order valence-corrected chi connectivity index (χ4v) is 2.72. The van der Waals surface area contributed by atoms with Gasteiger partial charge in [-0.15, -0.1) is 0 Å². The Bertz CT molecular complexity index is 211. The molecule has 0 aromatic carbocycles. The van der Waals surface area contributed by atoms with Crippen LogP contribution in [0.5, 0.6) is 0 Å². The molecule has 2 atom stereocenters. The minimum absolute atomic E-state index is 0.0292. The molecule has 0 aromatic heterocycles. The van der Waals surface area contributed by atoms with Crippen LogP contribution in [0.15, 0.2) is 0 Å². The fraction of sp³-hybridized carbons (Fsp3) is 1.00. The molecule has 12 heavy (non-hydrogen) atoms. The van der Waals surface area contributed by atoms with E-state index in [2.05, 4.69) is 5.32 Å². The molecule has 0 saturated heterocycles. The molecular weight excluding hydrogens is 174 g/mol. The Morgan fingerprint density at radius 1 is 1.33 bits per heavy atom. The summed E-state index contributed by atoms with van der Waals surface area (Å²) in [6, 6.07) is 0.0292. The summed E-state index contributed by atoms with van der Waals surface area (Å²) in [4.78, 5) is 0. The van der Waals surface area contributed by atoms with E-state index in [-0.39, 0.29) is 11.3 Å². The lowest BCUT2D eigenvalue weighted by atomic mass is 10.3. The maximum Gasteiger partial charge on any atom is 0.154 e. The zero-order chi connectivity index (χ0) is 9.78. The average Bonchev–Trinajstić information content (AvgIpc) is 2.01. The molecule has 0 radical (unpaired) electrons. The molecule has 3 nitrogen and oxygen atoms in total. The van der Waals surface area contributed by atoms with Crippen molar-refractivity contribution >= 4 is 9.84 Å². The zero-order valence-corrected chi connectivity index (χ0v) is 9.11. The van der Waals surface area contributed by atoms with Crippen LogP contribution in [-0.2, 0) is 9.84 Å². The van der Waals surface area contributed by atoms with Crippen molar-refractivity contribution in [3.05, 3.63) is 0 Å². The highest BCUT2D eigenvalue weighted by molar-refractivity contribution is 7.92. The van der Waals surface area contributed by atoms with Gasteiger partial charge in [0.15, 0.2) is 9.84 Å². The zero-order valence-electron chi connectivity index (χ0n) is 8.29. The molecule has 4 heteroatoms. The lowest BCUT2D eigenvalue weighted by Gasteiger charge is -2.18. The van der Waals surface area contributed by atoms with Gasteiger partial charge in [0.1, 0.15) is 0 Å². The number of hydrogen-bond acceptors (Lipinski definition) is 3. The SMILES string of the molecule is CCCS(=O)(=O)C(C)C(C)NC. The molecule has 0 amide bonds. The van der Waals surface area contributed by atoms with Gasteiger partial charge < -0.3 is 5.32 Å². The number of nitrogens with one attached hydrogen (secondary N) is 1. The van der Waals surface area contributed by atoms with Gasteiger partial charge in [-0.1, -0.05) is 6.92 Å². The second-order valence-corrected chi connectivity index (χ2v) is 5.63. The van der Waals surface area contributed by atoms with Gasteiger partial charge in [0.2, 0.25) is 0 Å². The summed E-state index contributed by atoms with van der Waals surface area (Å²) < 4.78 is 23.0. The molecule has 0 fully saturated rings. The van der Waals surface area contributed by atoms with Crippen LogP contribution in [0.3, 0.4) is 0 Å². The lowest BCUT2D eigenvalue weighted by Crippen LogP contribution is -2.39. The largest absolute Gasteiger partial charge is 0.316 e. The third-order valence-electron chi connectivity index (χ3n) is 2.21. The first-order valence-electron chi connectivity index (χ1n) is 4.34. The summed E-state index contributed by atoms with van der Waals surface area (Å²) in [5.74, 6) is 0.292. The highest BCUT2D eigenvalue weighted by Crippen LogP contribution is 2.07. The van der Waals surface area contributed by atoms with Crippen LogP contribution in [0.1, 0.15) is 27.2 Å². The van der Waals surface area contributed by atoms with E-state index in [9.17, 15) is 8.42 Å². The van der Waals surface area contributed by atoms with Crippen molar-refractivity contribution in [2.75, 3.05) is 12.8 Å². The van der Waals surface area contributed by atoms with E-state index in [1.54, 1.807) is 14.0 Å². The van der Waals surface area contributed by atoms with Crippen molar-refractivity contribution < 1.29 is 8.42 Å². The van der Waals surface area contributed by atoms with Crippen molar-refractivity contribution in [2.45, 2.75) is 38.5 Å². The molecule has 0 heterocycles. The maximum absolute atomic E-state index is 11.5. The maximum atomic E-state index is 11.5. The van der Waals surface area contributed by atoms with Gasteiger partial charge in [0, 0.05) is 6.04 Å². The summed E-state index contributed by atoms with van der Waals surface area (Å²) in [5, 5.41) is 2.66. The Labute approximate surface area is 75.5 Å². The molecule has 1 N–H and O–H groups in total. The Morgan fingerprint density at radius 3 is 2.17 bits per heavy atom. The minimum Gasteiger partial charge on any atom is -0.316 e. The Hall–Kier alpha value is -0.0900. The smallest absolute Gasteiger partial charge is 0.154 e. The van der Waals surface area contributed by atoms with E-state index in [0.717, 1.165) is 0 Å². The highest BCUT2D eigenvalue weighted by atomic mass is 32.2. The number of sulfone groups is 1. The Morgan fingerprint density at radius 2 is 1.83 bits per heavy atom. The molecule has 0 aliphatic carbocycles. The third kappa shape index (κ3) is 3.11.